The maximum atomic E-state index is 10.6. The van der Waals surface area contributed by atoms with E-state index in [1.807, 2.05) is 0 Å². The van der Waals surface area contributed by atoms with Crippen LogP contribution in [-0.2, 0) is 11.3 Å². The molecule has 6 heteroatoms. The second-order valence-electron chi connectivity index (χ2n) is 1.68. The lowest BCUT2D eigenvalue weighted by molar-refractivity contribution is -0.138. The summed E-state index contributed by atoms with van der Waals surface area (Å²) < 4.78 is 0.891. The minimum atomic E-state index is -1.08. The van der Waals surface area contributed by atoms with E-state index in [2.05, 4.69) is 10.3 Å². The van der Waals surface area contributed by atoms with Crippen LogP contribution in [0.25, 0.3) is 0 Å². The van der Waals surface area contributed by atoms with Crippen molar-refractivity contribution < 1.29 is 9.90 Å². The third-order valence-corrected chi connectivity index (χ3v) is 0.913. The van der Waals surface area contributed by atoms with Crippen molar-refractivity contribution in [3.63, 3.8) is 0 Å². The van der Waals surface area contributed by atoms with Gasteiger partial charge in [0, 0.05) is 0 Å². The molecule has 0 aliphatic rings. The zero-order chi connectivity index (χ0) is 7.56. The largest absolute Gasteiger partial charge is 0.480 e. The Labute approximate surface area is 55.1 Å². The summed E-state index contributed by atoms with van der Waals surface area (Å²) in [6.07, 6.45) is 1.02. The van der Waals surface area contributed by atoms with E-state index in [-0.39, 0.29) is 6.54 Å². The van der Waals surface area contributed by atoms with Gasteiger partial charge in [0.25, 0.3) is 5.56 Å². The summed E-state index contributed by atoms with van der Waals surface area (Å²) in [5, 5.41) is 13.7. The zero-order valence-electron chi connectivity index (χ0n) is 4.94. The summed E-state index contributed by atoms with van der Waals surface area (Å²) in [6.45, 7) is -0.376. The van der Waals surface area contributed by atoms with E-state index in [1.54, 1.807) is 0 Å². The van der Waals surface area contributed by atoms with Crippen LogP contribution in [0.1, 0.15) is 0 Å². The first-order valence-corrected chi connectivity index (χ1v) is 2.52. The van der Waals surface area contributed by atoms with Gasteiger partial charge in [0.1, 0.15) is 12.7 Å². The molecule has 1 rings (SSSR count). The molecule has 0 bridgehead atoms. The molecular formula is C4H5N3O3. The highest BCUT2D eigenvalue weighted by atomic mass is 16.4. The third-order valence-electron chi connectivity index (χ3n) is 0.913. The molecule has 0 spiro atoms. The van der Waals surface area contributed by atoms with Crippen molar-refractivity contribution in [2.24, 2.45) is 0 Å². The lowest BCUT2D eigenvalue weighted by Gasteiger charge is -1.91. The van der Waals surface area contributed by atoms with Crippen LogP contribution in [0.15, 0.2) is 11.0 Å². The van der Waals surface area contributed by atoms with E-state index in [0.717, 1.165) is 10.9 Å². The maximum absolute atomic E-state index is 10.6. The smallest absolute Gasteiger partial charge is 0.325 e. The first-order valence-electron chi connectivity index (χ1n) is 2.52. The average Bonchev–Trinajstić information content (AvgIpc) is 2.15. The van der Waals surface area contributed by atoms with Gasteiger partial charge in [-0.2, -0.15) is 5.10 Å². The van der Waals surface area contributed by atoms with Gasteiger partial charge in [0.05, 0.1) is 0 Å². The van der Waals surface area contributed by atoms with Crippen LogP contribution in [0.5, 0.6) is 0 Å². The highest BCUT2D eigenvalue weighted by molar-refractivity contribution is 5.66. The summed E-state index contributed by atoms with van der Waals surface area (Å²) in [7, 11) is 0. The van der Waals surface area contributed by atoms with E-state index in [4.69, 9.17) is 5.11 Å². The first-order chi connectivity index (χ1) is 4.70. The number of rotatable bonds is 2. The highest BCUT2D eigenvalue weighted by Crippen LogP contribution is 1.71. The molecule has 0 aliphatic carbocycles. The summed E-state index contributed by atoms with van der Waals surface area (Å²) in [6, 6.07) is 0. The van der Waals surface area contributed by atoms with Gasteiger partial charge < -0.3 is 5.11 Å². The monoisotopic (exact) mass is 143 g/mol. The fourth-order valence-corrected chi connectivity index (χ4v) is 0.521. The van der Waals surface area contributed by atoms with Crippen molar-refractivity contribution in [1.29, 1.82) is 0 Å². The van der Waals surface area contributed by atoms with Gasteiger partial charge in [0.2, 0.25) is 0 Å². The van der Waals surface area contributed by atoms with Gasteiger partial charge in [-0.05, 0) is 0 Å². The Morgan fingerprint density at radius 1 is 1.90 bits per heavy atom. The molecule has 0 unspecified atom stereocenters. The number of carboxylic acids is 1. The minimum Gasteiger partial charge on any atom is -0.480 e. The Balaban J connectivity index is 2.85. The summed E-state index contributed by atoms with van der Waals surface area (Å²) in [5.41, 5.74) is -0.442. The quantitative estimate of drug-likeness (QED) is 0.536. The highest BCUT2D eigenvalue weighted by Gasteiger charge is 2.00. The van der Waals surface area contributed by atoms with Crippen molar-refractivity contribution in [3.05, 3.63) is 16.6 Å². The fraction of sp³-hybridized carbons (Fsp3) is 0.250. The topological polar surface area (TPSA) is 88.0 Å². The third kappa shape index (κ3) is 1.22. The van der Waals surface area contributed by atoms with E-state index in [1.165, 1.54) is 0 Å². The van der Waals surface area contributed by atoms with E-state index < -0.39 is 11.5 Å². The number of hydrogen-bond acceptors (Lipinski definition) is 3. The predicted molar refractivity (Wildman–Crippen MR) is 30.5 cm³/mol. The Morgan fingerprint density at radius 2 is 2.60 bits per heavy atom. The number of aliphatic carboxylic acids is 1. The molecule has 1 aromatic rings. The lowest BCUT2D eigenvalue weighted by atomic mass is 10.6. The van der Waals surface area contributed by atoms with E-state index >= 15 is 0 Å². The number of H-pyrrole nitrogens is 1. The number of nitrogens with zero attached hydrogens (tertiary/aromatic N) is 2. The second kappa shape index (κ2) is 2.34. The molecule has 1 heterocycles. The molecule has 54 valence electrons. The first kappa shape index (κ1) is 6.53. The molecule has 0 saturated heterocycles. The number of aromatic amines is 1. The second-order valence-corrected chi connectivity index (χ2v) is 1.68. The van der Waals surface area contributed by atoms with Gasteiger partial charge in [-0.1, -0.05) is 0 Å². The maximum Gasteiger partial charge on any atom is 0.325 e. The van der Waals surface area contributed by atoms with Crippen LogP contribution < -0.4 is 5.56 Å². The van der Waals surface area contributed by atoms with Crippen molar-refractivity contribution >= 4 is 5.97 Å². The van der Waals surface area contributed by atoms with Crippen LogP contribution in [-0.4, -0.2) is 26.1 Å². The molecule has 0 amide bonds. The standard InChI is InChI=1S/C4H5N3O3/c8-3-1-5-6-7(3)2-4(9)10/h1,6H,2H2,(H,9,10). The normalized spacial score (nSPS) is 9.60. The van der Waals surface area contributed by atoms with Crippen LogP contribution in [0.3, 0.4) is 0 Å². The molecule has 0 saturated carbocycles. The Bertz CT molecular complexity index is 286. The van der Waals surface area contributed by atoms with Gasteiger partial charge in [-0.15, -0.1) is 0 Å². The van der Waals surface area contributed by atoms with Gasteiger partial charge >= 0.3 is 5.97 Å². The predicted octanol–water partition coefficient (Wildman–Crippen LogP) is -1.34. The molecule has 0 radical (unpaired) electrons. The summed E-state index contributed by atoms with van der Waals surface area (Å²) in [4.78, 5) is 20.6. The SMILES string of the molecule is O=C(O)Cn1[nH]ncc1=O. The van der Waals surface area contributed by atoms with Gasteiger partial charge in [-0.3, -0.25) is 9.59 Å². The number of nitrogens with one attached hydrogen (secondary N) is 1. The molecular weight excluding hydrogens is 138 g/mol. The fourth-order valence-electron chi connectivity index (χ4n) is 0.521. The Hall–Kier alpha value is -1.59. The molecule has 6 nitrogen and oxygen atoms in total. The summed E-state index contributed by atoms with van der Waals surface area (Å²) >= 11 is 0. The minimum absolute atomic E-state index is 0.376. The summed E-state index contributed by atoms with van der Waals surface area (Å²) in [5.74, 6) is -1.08. The molecule has 0 fully saturated rings. The number of aromatic nitrogens is 3. The zero-order valence-corrected chi connectivity index (χ0v) is 4.94. The molecule has 2 N–H and O–H groups in total. The van der Waals surface area contributed by atoms with Gasteiger partial charge in [0.15, 0.2) is 0 Å². The van der Waals surface area contributed by atoms with E-state index in [0.29, 0.717) is 0 Å². The van der Waals surface area contributed by atoms with Crippen LogP contribution in [0.4, 0.5) is 0 Å². The van der Waals surface area contributed by atoms with Crippen LogP contribution in [0.2, 0.25) is 0 Å². The Morgan fingerprint density at radius 3 is 3.00 bits per heavy atom. The van der Waals surface area contributed by atoms with Gasteiger partial charge in [-0.25, -0.2) is 9.90 Å². The van der Waals surface area contributed by atoms with Crippen LogP contribution >= 0.6 is 0 Å². The number of hydrogen-bond donors (Lipinski definition) is 2. The average molecular weight is 143 g/mol. The van der Waals surface area contributed by atoms with Crippen molar-refractivity contribution in [1.82, 2.24) is 15.0 Å². The molecule has 0 aliphatic heterocycles. The molecule has 0 aromatic carbocycles. The van der Waals surface area contributed by atoms with Crippen molar-refractivity contribution in [2.75, 3.05) is 0 Å². The number of carboxylic acid groups (broad SMARTS) is 1. The van der Waals surface area contributed by atoms with E-state index in [9.17, 15) is 9.59 Å². The van der Waals surface area contributed by atoms with Crippen molar-refractivity contribution in [2.45, 2.75) is 6.54 Å². The lowest BCUT2D eigenvalue weighted by Crippen LogP contribution is -2.20. The van der Waals surface area contributed by atoms with Crippen LogP contribution in [0, 0.1) is 0 Å². The van der Waals surface area contributed by atoms with Crippen molar-refractivity contribution in [3.8, 4) is 0 Å². The molecule has 0 atom stereocenters. The molecule has 1 aromatic heterocycles. The number of carbonyl (C=O) groups is 1. The Kier molecular flexibility index (Phi) is 1.53. The molecule has 10 heavy (non-hydrogen) atoms.